The number of halogens is 2. The van der Waals surface area contributed by atoms with E-state index in [2.05, 4.69) is 5.32 Å². The zero-order valence-corrected chi connectivity index (χ0v) is 17.3. The predicted octanol–water partition coefficient (Wildman–Crippen LogP) is 2.86. The van der Waals surface area contributed by atoms with Crippen molar-refractivity contribution in [3.05, 3.63) is 59.2 Å². The number of hydrogen-bond acceptors (Lipinski definition) is 5. The second-order valence-corrected chi connectivity index (χ2v) is 8.98. The topological polar surface area (TPSA) is 92.8 Å². The molecule has 1 aliphatic heterocycles. The van der Waals surface area contributed by atoms with E-state index < -0.39 is 39.6 Å². The summed E-state index contributed by atoms with van der Waals surface area (Å²) >= 11 is 0. The number of rotatable bonds is 5. The molecule has 1 amide bonds. The van der Waals surface area contributed by atoms with Crippen LogP contribution in [-0.4, -0.2) is 38.7 Å². The highest BCUT2D eigenvalue weighted by atomic mass is 32.2. The summed E-state index contributed by atoms with van der Waals surface area (Å²) in [5.74, 6) is -3.19. The van der Waals surface area contributed by atoms with Gasteiger partial charge < -0.3 is 10.1 Å². The molecule has 3 rings (SSSR count). The van der Waals surface area contributed by atoms with E-state index >= 15 is 0 Å². The Balaban J connectivity index is 1.71. The SMILES string of the molecule is CC(OC(=O)c1ccc2c(c1)CC(C)N2S(C)(=O)=O)C(=O)Nc1cc(F)ccc1F. The number of esters is 1. The van der Waals surface area contributed by atoms with Gasteiger partial charge in [0.25, 0.3) is 5.91 Å². The summed E-state index contributed by atoms with van der Waals surface area (Å²) in [6.45, 7) is 3.06. The molecule has 160 valence electrons. The molecule has 2 aromatic rings. The van der Waals surface area contributed by atoms with Crippen molar-refractivity contribution in [3.8, 4) is 0 Å². The molecule has 1 N–H and O–H groups in total. The molecule has 2 aromatic carbocycles. The third-order valence-corrected chi connectivity index (χ3v) is 5.94. The number of sulfonamides is 1. The number of amides is 1. The number of carbonyl (C=O) groups excluding carboxylic acids is 2. The first-order valence-electron chi connectivity index (χ1n) is 9.06. The lowest BCUT2D eigenvalue weighted by molar-refractivity contribution is -0.123. The van der Waals surface area contributed by atoms with E-state index in [0.717, 1.165) is 24.5 Å². The van der Waals surface area contributed by atoms with Crippen molar-refractivity contribution < 1.29 is 31.5 Å². The zero-order chi connectivity index (χ0) is 22.2. The molecule has 10 heteroatoms. The monoisotopic (exact) mass is 438 g/mol. The fourth-order valence-corrected chi connectivity index (χ4v) is 4.61. The summed E-state index contributed by atoms with van der Waals surface area (Å²) in [4.78, 5) is 24.6. The summed E-state index contributed by atoms with van der Waals surface area (Å²) in [6, 6.07) is 6.76. The van der Waals surface area contributed by atoms with Crippen LogP contribution in [0.15, 0.2) is 36.4 Å². The molecule has 1 aliphatic rings. The Morgan fingerprint density at radius 2 is 1.90 bits per heavy atom. The number of hydrogen-bond donors (Lipinski definition) is 1. The number of nitrogens with one attached hydrogen (secondary N) is 1. The van der Waals surface area contributed by atoms with Gasteiger partial charge in [-0.3, -0.25) is 9.10 Å². The average Bonchev–Trinajstić information content (AvgIpc) is 2.99. The average molecular weight is 438 g/mol. The molecule has 0 aliphatic carbocycles. The van der Waals surface area contributed by atoms with Crippen molar-refractivity contribution in [2.24, 2.45) is 0 Å². The van der Waals surface area contributed by atoms with Crippen LogP contribution in [-0.2, 0) is 26.0 Å². The maximum absolute atomic E-state index is 13.7. The number of fused-ring (bicyclic) bond motifs is 1. The van der Waals surface area contributed by atoms with Gasteiger partial charge >= 0.3 is 5.97 Å². The van der Waals surface area contributed by atoms with E-state index in [9.17, 15) is 26.8 Å². The van der Waals surface area contributed by atoms with Gasteiger partial charge in [-0.15, -0.1) is 0 Å². The summed E-state index contributed by atoms with van der Waals surface area (Å²) < 4.78 is 57.3. The van der Waals surface area contributed by atoms with Crippen molar-refractivity contribution >= 4 is 33.3 Å². The minimum atomic E-state index is -3.46. The second-order valence-electron chi connectivity index (χ2n) is 7.12. The minimum Gasteiger partial charge on any atom is -0.449 e. The van der Waals surface area contributed by atoms with E-state index in [1.807, 2.05) is 0 Å². The third-order valence-electron chi connectivity index (χ3n) is 4.66. The van der Waals surface area contributed by atoms with Crippen LogP contribution in [0.2, 0.25) is 0 Å². The summed E-state index contributed by atoms with van der Waals surface area (Å²) in [5.41, 5.74) is 0.943. The molecule has 0 bridgehead atoms. The highest BCUT2D eigenvalue weighted by molar-refractivity contribution is 7.92. The van der Waals surface area contributed by atoms with Crippen molar-refractivity contribution in [3.63, 3.8) is 0 Å². The standard InChI is InChI=1S/C20H20F2N2O5S/c1-11-8-14-9-13(4-7-18(14)24(11)30(3,27)28)20(26)29-12(2)19(25)23-17-10-15(21)5-6-16(17)22/h4-7,9-12H,8H2,1-3H3,(H,23,25). The summed E-state index contributed by atoms with van der Waals surface area (Å²) in [5, 5.41) is 2.17. The Bertz CT molecular complexity index is 1120. The minimum absolute atomic E-state index is 0.146. The van der Waals surface area contributed by atoms with Crippen molar-refractivity contribution in [2.45, 2.75) is 32.4 Å². The number of nitrogens with zero attached hydrogens (tertiary/aromatic N) is 1. The van der Waals surface area contributed by atoms with Crippen LogP contribution >= 0.6 is 0 Å². The molecular weight excluding hydrogens is 418 g/mol. The Kier molecular flexibility index (Phi) is 5.80. The molecule has 0 saturated heterocycles. The number of anilines is 2. The highest BCUT2D eigenvalue weighted by Crippen LogP contribution is 2.34. The Hall–Kier alpha value is -3.01. The molecule has 2 unspecified atom stereocenters. The van der Waals surface area contributed by atoms with Crippen LogP contribution in [0.1, 0.15) is 29.8 Å². The first-order chi connectivity index (χ1) is 14.0. The maximum Gasteiger partial charge on any atom is 0.338 e. The zero-order valence-electron chi connectivity index (χ0n) is 16.5. The lowest BCUT2D eigenvalue weighted by Crippen LogP contribution is -2.34. The van der Waals surface area contributed by atoms with Crippen molar-refractivity contribution in [1.29, 1.82) is 0 Å². The van der Waals surface area contributed by atoms with Gasteiger partial charge in [-0.2, -0.15) is 0 Å². The van der Waals surface area contributed by atoms with Crippen molar-refractivity contribution in [2.75, 3.05) is 15.9 Å². The Labute approximate surface area is 172 Å². The summed E-state index contributed by atoms with van der Waals surface area (Å²) in [6.07, 6.45) is 0.265. The number of ether oxygens (including phenoxy) is 1. The molecule has 30 heavy (non-hydrogen) atoms. The van der Waals surface area contributed by atoms with Crippen LogP contribution in [0, 0.1) is 11.6 Å². The van der Waals surface area contributed by atoms with E-state index in [4.69, 9.17) is 4.74 Å². The Morgan fingerprint density at radius 3 is 2.57 bits per heavy atom. The molecular formula is C20H20F2N2O5S. The number of carbonyl (C=O) groups is 2. The van der Waals surface area contributed by atoms with Crippen LogP contribution in [0.25, 0.3) is 0 Å². The first-order valence-corrected chi connectivity index (χ1v) is 10.9. The molecule has 0 saturated carbocycles. The lowest BCUT2D eigenvalue weighted by atomic mass is 10.1. The maximum atomic E-state index is 13.7. The normalized spacial score (nSPS) is 16.7. The van der Waals surface area contributed by atoms with Gasteiger partial charge in [-0.05, 0) is 56.2 Å². The third kappa shape index (κ3) is 4.43. The highest BCUT2D eigenvalue weighted by Gasteiger charge is 2.33. The van der Waals surface area contributed by atoms with Crippen LogP contribution < -0.4 is 9.62 Å². The van der Waals surface area contributed by atoms with Gasteiger partial charge in [0.05, 0.1) is 23.2 Å². The largest absolute Gasteiger partial charge is 0.449 e. The summed E-state index contributed by atoms with van der Waals surface area (Å²) in [7, 11) is -3.46. The molecule has 0 fully saturated rings. The van der Waals surface area contributed by atoms with Gasteiger partial charge in [-0.25, -0.2) is 22.0 Å². The smallest absolute Gasteiger partial charge is 0.338 e. The fourth-order valence-electron chi connectivity index (χ4n) is 3.34. The van der Waals surface area contributed by atoms with Crippen LogP contribution in [0.3, 0.4) is 0 Å². The van der Waals surface area contributed by atoms with Gasteiger partial charge in [0.1, 0.15) is 11.6 Å². The molecule has 0 radical (unpaired) electrons. The fraction of sp³-hybridized carbons (Fsp3) is 0.300. The molecule has 7 nitrogen and oxygen atoms in total. The molecule has 1 heterocycles. The molecule has 0 aromatic heterocycles. The van der Waals surface area contributed by atoms with E-state index in [1.54, 1.807) is 6.92 Å². The quantitative estimate of drug-likeness (QED) is 0.725. The van der Waals surface area contributed by atoms with E-state index in [-0.39, 0.29) is 17.3 Å². The van der Waals surface area contributed by atoms with Gasteiger partial charge in [0, 0.05) is 12.1 Å². The predicted molar refractivity (Wildman–Crippen MR) is 107 cm³/mol. The van der Waals surface area contributed by atoms with Gasteiger partial charge in [0.2, 0.25) is 10.0 Å². The van der Waals surface area contributed by atoms with Crippen LogP contribution in [0.5, 0.6) is 0 Å². The van der Waals surface area contributed by atoms with Crippen molar-refractivity contribution in [1.82, 2.24) is 0 Å². The number of benzene rings is 2. The van der Waals surface area contributed by atoms with Crippen LogP contribution in [0.4, 0.5) is 20.2 Å². The Morgan fingerprint density at radius 1 is 1.20 bits per heavy atom. The van der Waals surface area contributed by atoms with Gasteiger partial charge in [0.15, 0.2) is 6.10 Å². The van der Waals surface area contributed by atoms with E-state index in [1.165, 1.54) is 29.4 Å². The van der Waals surface area contributed by atoms with Gasteiger partial charge in [-0.1, -0.05) is 0 Å². The van der Waals surface area contributed by atoms with E-state index in [0.29, 0.717) is 17.7 Å². The first kappa shape index (κ1) is 21.7. The second kappa shape index (κ2) is 8.02. The lowest BCUT2D eigenvalue weighted by Gasteiger charge is -2.22. The molecule has 0 spiro atoms. The molecule has 2 atom stereocenters.